The molecule has 182 valence electrons. The smallest absolute Gasteiger partial charge is 0.337 e. The molecule has 35 heavy (non-hydrogen) atoms. The Labute approximate surface area is 210 Å². The molecule has 0 radical (unpaired) electrons. The maximum Gasteiger partial charge on any atom is 0.337 e. The highest BCUT2D eigenvalue weighted by Crippen LogP contribution is 2.40. The molecule has 7 heteroatoms. The van der Waals surface area contributed by atoms with Gasteiger partial charge in [0.2, 0.25) is 0 Å². The number of amides is 1. The molecule has 6 nitrogen and oxygen atoms in total. The molecule has 0 saturated heterocycles. The zero-order valence-electron chi connectivity index (χ0n) is 19.6. The molecule has 1 aromatic heterocycles. The molecular formula is C28H29ClN2O4. The van der Waals surface area contributed by atoms with E-state index in [4.69, 9.17) is 16.7 Å². The van der Waals surface area contributed by atoms with Crippen molar-refractivity contribution >= 4 is 23.5 Å². The van der Waals surface area contributed by atoms with Crippen LogP contribution in [0, 0.1) is 11.8 Å². The van der Waals surface area contributed by atoms with E-state index in [0.717, 1.165) is 31.2 Å². The first-order valence-corrected chi connectivity index (χ1v) is 12.1. The fourth-order valence-corrected chi connectivity index (χ4v) is 5.02. The van der Waals surface area contributed by atoms with Crippen molar-refractivity contribution in [3.05, 3.63) is 99.8 Å². The largest absolute Gasteiger partial charge is 0.478 e. The van der Waals surface area contributed by atoms with Crippen LogP contribution in [-0.4, -0.2) is 39.0 Å². The number of carbonyl (C=O) groups excluding carboxylic acids is 1. The van der Waals surface area contributed by atoms with E-state index in [-0.39, 0.29) is 23.9 Å². The summed E-state index contributed by atoms with van der Waals surface area (Å²) in [4.78, 5) is 29.5. The maximum atomic E-state index is 12.9. The van der Waals surface area contributed by atoms with E-state index in [0.29, 0.717) is 22.1 Å². The van der Waals surface area contributed by atoms with Crippen LogP contribution in [0.2, 0.25) is 5.02 Å². The molecule has 2 N–H and O–H groups in total. The molecule has 1 saturated carbocycles. The second-order valence-corrected chi connectivity index (χ2v) is 9.82. The number of aromatic carboxylic acids is 1. The minimum Gasteiger partial charge on any atom is -0.478 e. The number of hydrogen-bond donors (Lipinski definition) is 2. The zero-order chi connectivity index (χ0) is 24.9. The number of carboxylic acids is 1. The summed E-state index contributed by atoms with van der Waals surface area (Å²) in [5, 5.41) is 20.6. The fraction of sp³-hybridized carbons (Fsp3) is 0.321. The van der Waals surface area contributed by atoms with Crippen LogP contribution in [0.3, 0.4) is 0 Å². The maximum absolute atomic E-state index is 12.9. The molecule has 1 aliphatic carbocycles. The molecule has 0 bridgehead atoms. The molecule has 0 aliphatic heterocycles. The predicted molar refractivity (Wildman–Crippen MR) is 134 cm³/mol. The van der Waals surface area contributed by atoms with Gasteiger partial charge in [0.1, 0.15) is 0 Å². The minimum absolute atomic E-state index is 0.0996. The number of carboxylic acid groups (broad SMARTS) is 1. The van der Waals surface area contributed by atoms with E-state index in [1.165, 1.54) is 17.8 Å². The second-order valence-electron chi connectivity index (χ2n) is 9.38. The first-order chi connectivity index (χ1) is 16.8. The van der Waals surface area contributed by atoms with Gasteiger partial charge in [-0.25, -0.2) is 4.79 Å². The molecule has 1 aliphatic rings. The van der Waals surface area contributed by atoms with Crippen LogP contribution < -0.4 is 0 Å². The SMILES string of the molecule is CN(Cc1cncc(C(=O)O)c1)C(=O)c1ccc(C[C@@H]2CC[C@H]([C@H](O)c3ccc(Cl)cc3)C2)cc1. The molecule has 0 spiro atoms. The lowest BCUT2D eigenvalue weighted by Crippen LogP contribution is -2.26. The van der Waals surface area contributed by atoms with Crippen molar-refractivity contribution in [3.63, 3.8) is 0 Å². The van der Waals surface area contributed by atoms with Gasteiger partial charge in [0.25, 0.3) is 5.91 Å². The summed E-state index contributed by atoms with van der Waals surface area (Å²) in [6.45, 7) is 0.272. The number of rotatable bonds is 8. The molecule has 3 aromatic rings. The first kappa shape index (κ1) is 24.9. The third-order valence-electron chi connectivity index (χ3n) is 6.77. The predicted octanol–water partition coefficient (Wildman–Crippen LogP) is 5.40. The lowest BCUT2D eigenvalue weighted by atomic mass is 9.91. The molecule has 3 atom stereocenters. The van der Waals surface area contributed by atoms with Crippen LogP contribution in [0.4, 0.5) is 0 Å². The molecule has 1 amide bonds. The van der Waals surface area contributed by atoms with Gasteiger partial charge in [0, 0.05) is 36.6 Å². The topological polar surface area (TPSA) is 90.7 Å². The number of hydrogen-bond acceptors (Lipinski definition) is 4. The number of nitrogens with zero attached hydrogens (tertiary/aromatic N) is 2. The summed E-state index contributed by atoms with van der Waals surface area (Å²) < 4.78 is 0. The van der Waals surface area contributed by atoms with E-state index in [2.05, 4.69) is 4.98 Å². The summed E-state index contributed by atoms with van der Waals surface area (Å²) in [6.07, 6.45) is 6.34. The number of benzene rings is 2. The summed E-state index contributed by atoms with van der Waals surface area (Å²) in [5.74, 6) is -0.439. The highest BCUT2D eigenvalue weighted by atomic mass is 35.5. The van der Waals surface area contributed by atoms with Gasteiger partial charge < -0.3 is 15.1 Å². The van der Waals surface area contributed by atoms with Crippen LogP contribution in [-0.2, 0) is 13.0 Å². The Morgan fingerprint density at radius 2 is 1.74 bits per heavy atom. The first-order valence-electron chi connectivity index (χ1n) is 11.8. The Morgan fingerprint density at radius 3 is 2.43 bits per heavy atom. The monoisotopic (exact) mass is 492 g/mol. The van der Waals surface area contributed by atoms with Crippen molar-refractivity contribution in [1.82, 2.24) is 9.88 Å². The fourth-order valence-electron chi connectivity index (χ4n) is 4.89. The van der Waals surface area contributed by atoms with Crippen molar-refractivity contribution in [2.75, 3.05) is 7.05 Å². The highest BCUT2D eigenvalue weighted by Gasteiger charge is 2.30. The van der Waals surface area contributed by atoms with Crippen LogP contribution in [0.25, 0.3) is 0 Å². The van der Waals surface area contributed by atoms with Gasteiger partial charge in [-0.1, -0.05) is 35.9 Å². The lowest BCUT2D eigenvalue weighted by Gasteiger charge is -2.19. The van der Waals surface area contributed by atoms with Gasteiger partial charge in [-0.05, 0) is 84.5 Å². The van der Waals surface area contributed by atoms with Crippen molar-refractivity contribution in [1.29, 1.82) is 0 Å². The number of aliphatic hydroxyl groups is 1. The van der Waals surface area contributed by atoms with Crippen molar-refractivity contribution < 1.29 is 19.8 Å². The highest BCUT2D eigenvalue weighted by molar-refractivity contribution is 6.30. The quantitative estimate of drug-likeness (QED) is 0.439. The van der Waals surface area contributed by atoms with E-state index in [1.54, 1.807) is 18.1 Å². The third kappa shape index (κ3) is 6.27. The third-order valence-corrected chi connectivity index (χ3v) is 7.03. The number of pyridine rings is 1. The van der Waals surface area contributed by atoms with Gasteiger partial charge in [0.05, 0.1) is 11.7 Å². The summed E-state index contributed by atoms with van der Waals surface area (Å²) in [7, 11) is 1.69. The van der Waals surface area contributed by atoms with E-state index >= 15 is 0 Å². The van der Waals surface area contributed by atoms with Crippen LogP contribution in [0.1, 0.15) is 62.8 Å². The Kier molecular flexibility index (Phi) is 7.83. The van der Waals surface area contributed by atoms with Gasteiger partial charge in [-0.15, -0.1) is 0 Å². The van der Waals surface area contributed by atoms with Gasteiger partial charge >= 0.3 is 5.97 Å². The Bertz CT molecular complexity index is 1180. The van der Waals surface area contributed by atoms with Crippen LogP contribution >= 0.6 is 11.6 Å². The Balaban J connectivity index is 1.31. The molecular weight excluding hydrogens is 464 g/mol. The summed E-state index contributed by atoms with van der Waals surface area (Å²) in [5.41, 5.74) is 3.43. The number of aliphatic hydroxyl groups excluding tert-OH is 1. The average Bonchev–Trinajstić information content (AvgIpc) is 3.32. The van der Waals surface area contributed by atoms with E-state index < -0.39 is 12.1 Å². The van der Waals surface area contributed by atoms with Crippen molar-refractivity contribution in [3.8, 4) is 0 Å². The van der Waals surface area contributed by atoms with E-state index in [1.807, 2.05) is 48.5 Å². The zero-order valence-corrected chi connectivity index (χ0v) is 20.4. The van der Waals surface area contributed by atoms with Crippen molar-refractivity contribution in [2.45, 2.75) is 38.3 Å². The van der Waals surface area contributed by atoms with Gasteiger partial charge in [0.15, 0.2) is 0 Å². The molecule has 1 fully saturated rings. The normalized spacial score (nSPS) is 18.3. The Hall–Kier alpha value is -3.22. The Morgan fingerprint density at radius 1 is 1.03 bits per heavy atom. The van der Waals surface area contributed by atoms with Crippen molar-refractivity contribution in [2.24, 2.45) is 11.8 Å². The lowest BCUT2D eigenvalue weighted by molar-refractivity contribution is 0.0696. The van der Waals surface area contributed by atoms with Crippen LogP contribution in [0.15, 0.2) is 67.0 Å². The molecule has 2 aromatic carbocycles. The van der Waals surface area contributed by atoms with Gasteiger partial charge in [-0.3, -0.25) is 9.78 Å². The van der Waals surface area contributed by atoms with Gasteiger partial charge in [-0.2, -0.15) is 0 Å². The molecule has 4 rings (SSSR count). The average molecular weight is 493 g/mol. The number of halogens is 1. The summed E-state index contributed by atoms with van der Waals surface area (Å²) in [6, 6.07) is 16.6. The second kappa shape index (κ2) is 11.0. The van der Waals surface area contributed by atoms with E-state index in [9.17, 15) is 14.7 Å². The summed E-state index contributed by atoms with van der Waals surface area (Å²) >= 11 is 5.96. The number of carbonyl (C=O) groups is 2. The molecule has 0 unspecified atom stereocenters. The van der Waals surface area contributed by atoms with Crippen LogP contribution in [0.5, 0.6) is 0 Å². The molecule has 1 heterocycles. The number of aromatic nitrogens is 1. The minimum atomic E-state index is -1.04. The standard InChI is InChI=1S/C28H29ClN2O4/c1-31(17-20-14-24(28(34)35)16-30-15-20)27(33)22-5-2-18(3-6-22)12-19-4-7-23(13-19)26(32)21-8-10-25(29)11-9-21/h2-3,5-6,8-11,14-16,19,23,26,32H,4,7,12-13,17H2,1H3,(H,34,35)/t19-,23-,26+/m0/s1.